The van der Waals surface area contributed by atoms with Crippen LogP contribution in [-0.2, 0) is 16.1 Å². The summed E-state index contributed by atoms with van der Waals surface area (Å²) in [5.41, 5.74) is 1.23. The first-order chi connectivity index (χ1) is 11.6. The molecule has 2 N–H and O–H groups in total. The Morgan fingerprint density at radius 3 is 2.46 bits per heavy atom. The van der Waals surface area contributed by atoms with Gasteiger partial charge in [-0.25, -0.2) is 0 Å². The Labute approximate surface area is 144 Å². The number of aliphatic hydroxyl groups is 1. The number of hydrogen-bond donors (Lipinski definition) is 2. The number of hydrogen-bond acceptors (Lipinski definition) is 4. The summed E-state index contributed by atoms with van der Waals surface area (Å²) >= 11 is 0. The largest absolute Gasteiger partial charge is 0.389 e. The molecule has 24 heavy (non-hydrogen) atoms. The third kappa shape index (κ3) is 5.03. The van der Waals surface area contributed by atoms with Gasteiger partial charge in [0, 0.05) is 25.3 Å². The molecule has 0 aromatic heterocycles. The van der Waals surface area contributed by atoms with Gasteiger partial charge in [-0.3, -0.25) is 9.69 Å². The molecule has 5 nitrogen and oxygen atoms in total. The van der Waals surface area contributed by atoms with Gasteiger partial charge in [-0.15, -0.1) is 0 Å². The maximum Gasteiger partial charge on any atom is 0.227 e. The number of nitrogens with zero attached hydrogens (tertiary/aromatic N) is 1. The van der Waals surface area contributed by atoms with Crippen molar-refractivity contribution in [2.45, 2.75) is 50.7 Å². The van der Waals surface area contributed by atoms with Gasteiger partial charge in [0.1, 0.15) is 0 Å². The van der Waals surface area contributed by atoms with Crippen molar-refractivity contribution >= 4 is 11.6 Å². The maximum absolute atomic E-state index is 12.2. The number of benzene rings is 1. The second-order valence-electron chi connectivity index (χ2n) is 7.10. The highest BCUT2D eigenvalue weighted by atomic mass is 16.5. The third-order valence-electron chi connectivity index (χ3n) is 5.02. The lowest BCUT2D eigenvalue weighted by Crippen LogP contribution is -2.36. The van der Waals surface area contributed by atoms with Crippen molar-refractivity contribution in [3.63, 3.8) is 0 Å². The average molecular weight is 332 g/mol. The molecule has 1 aromatic rings. The highest BCUT2D eigenvalue weighted by Gasteiger charge is 2.31. The monoisotopic (exact) mass is 332 g/mol. The number of ether oxygens (including phenoxy) is 1. The van der Waals surface area contributed by atoms with Crippen LogP contribution in [0.4, 0.5) is 5.69 Å². The Morgan fingerprint density at radius 2 is 1.79 bits per heavy atom. The molecule has 0 bridgehead atoms. The van der Waals surface area contributed by atoms with Gasteiger partial charge in [0.15, 0.2) is 0 Å². The first kappa shape index (κ1) is 17.4. The van der Waals surface area contributed by atoms with Crippen LogP contribution in [-0.4, -0.2) is 47.8 Å². The lowest BCUT2D eigenvalue weighted by molar-refractivity contribution is -0.122. The van der Waals surface area contributed by atoms with E-state index < -0.39 is 5.60 Å². The van der Waals surface area contributed by atoms with Crippen LogP contribution in [0.25, 0.3) is 0 Å². The fourth-order valence-corrected chi connectivity index (χ4v) is 3.60. The molecule has 2 aliphatic rings. The van der Waals surface area contributed by atoms with Crippen LogP contribution in [0.15, 0.2) is 24.3 Å². The molecule has 5 heteroatoms. The molecule has 1 aliphatic heterocycles. The molecule has 1 aliphatic carbocycles. The van der Waals surface area contributed by atoms with Gasteiger partial charge in [-0.05, 0) is 30.5 Å². The second kappa shape index (κ2) is 8.10. The molecule has 0 spiro atoms. The molecule has 3 rings (SSSR count). The number of morpholine rings is 1. The van der Waals surface area contributed by atoms with Crippen molar-refractivity contribution in [1.29, 1.82) is 0 Å². The van der Waals surface area contributed by atoms with Gasteiger partial charge in [0.05, 0.1) is 25.2 Å². The predicted octanol–water partition coefficient (Wildman–Crippen LogP) is 2.54. The topological polar surface area (TPSA) is 61.8 Å². The molecule has 0 atom stereocenters. The lowest BCUT2D eigenvalue weighted by Gasteiger charge is -2.31. The number of carbonyl (C=O) groups is 1. The fourth-order valence-electron chi connectivity index (χ4n) is 3.60. The molecular weight excluding hydrogens is 304 g/mol. The average Bonchev–Trinajstić information content (AvgIpc) is 2.58. The zero-order valence-corrected chi connectivity index (χ0v) is 14.3. The van der Waals surface area contributed by atoms with E-state index in [-0.39, 0.29) is 12.3 Å². The van der Waals surface area contributed by atoms with E-state index in [0.29, 0.717) is 0 Å². The Bertz CT molecular complexity index is 532. The van der Waals surface area contributed by atoms with Crippen molar-refractivity contribution in [2.24, 2.45) is 0 Å². The quantitative estimate of drug-likeness (QED) is 0.870. The minimum atomic E-state index is -0.807. The molecule has 0 radical (unpaired) electrons. The van der Waals surface area contributed by atoms with Crippen molar-refractivity contribution in [3.05, 3.63) is 29.8 Å². The van der Waals surface area contributed by atoms with Crippen LogP contribution in [0, 0.1) is 0 Å². The first-order valence-corrected chi connectivity index (χ1v) is 9.04. The van der Waals surface area contributed by atoms with Crippen LogP contribution in [0.3, 0.4) is 0 Å². The van der Waals surface area contributed by atoms with E-state index >= 15 is 0 Å². The number of carbonyl (C=O) groups excluding carboxylic acids is 1. The molecule has 1 aromatic carbocycles. The molecule has 1 heterocycles. The van der Waals surface area contributed by atoms with Gasteiger partial charge in [0.2, 0.25) is 5.91 Å². The minimum absolute atomic E-state index is 0.0969. The third-order valence-corrected chi connectivity index (χ3v) is 5.02. The van der Waals surface area contributed by atoms with E-state index in [0.717, 1.165) is 70.6 Å². The summed E-state index contributed by atoms with van der Waals surface area (Å²) in [6.45, 7) is 4.46. The standard InChI is InChI=1S/C19H28N2O3/c22-18(14-19(23)8-2-1-3-9-19)20-17-6-4-16(5-7-17)15-21-10-12-24-13-11-21/h4-7,23H,1-3,8-15H2,(H,20,22). The van der Waals surface area contributed by atoms with E-state index in [1.807, 2.05) is 12.1 Å². The molecule has 1 saturated heterocycles. The summed E-state index contributed by atoms with van der Waals surface area (Å²) in [6.07, 6.45) is 4.86. The van der Waals surface area contributed by atoms with Crippen molar-refractivity contribution in [2.75, 3.05) is 31.6 Å². The van der Waals surface area contributed by atoms with E-state index in [4.69, 9.17) is 4.74 Å². The van der Waals surface area contributed by atoms with Crippen LogP contribution in [0.1, 0.15) is 44.1 Å². The van der Waals surface area contributed by atoms with Crippen molar-refractivity contribution in [3.8, 4) is 0 Å². The molecule has 1 saturated carbocycles. The summed E-state index contributed by atoms with van der Waals surface area (Å²) in [7, 11) is 0. The summed E-state index contributed by atoms with van der Waals surface area (Å²) in [6, 6.07) is 8.00. The summed E-state index contributed by atoms with van der Waals surface area (Å²) < 4.78 is 5.36. The minimum Gasteiger partial charge on any atom is -0.389 e. The zero-order chi connectivity index (χ0) is 16.8. The number of rotatable bonds is 5. The maximum atomic E-state index is 12.2. The fraction of sp³-hybridized carbons (Fsp3) is 0.632. The Morgan fingerprint density at radius 1 is 1.12 bits per heavy atom. The second-order valence-corrected chi connectivity index (χ2v) is 7.10. The lowest BCUT2D eigenvalue weighted by atomic mass is 9.82. The Balaban J connectivity index is 1.49. The van der Waals surface area contributed by atoms with E-state index in [1.54, 1.807) is 0 Å². The SMILES string of the molecule is O=C(CC1(O)CCCCC1)Nc1ccc(CN2CCOCC2)cc1. The molecule has 132 valence electrons. The van der Waals surface area contributed by atoms with Crippen molar-refractivity contribution in [1.82, 2.24) is 4.90 Å². The molecule has 0 unspecified atom stereocenters. The summed E-state index contributed by atoms with van der Waals surface area (Å²) in [5, 5.41) is 13.4. The van der Waals surface area contributed by atoms with Crippen LogP contribution < -0.4 is 5.32 Å². The smallest absolute Gasteiger partial charge is 0.227 e. The Kier molecular flexibility index (Phi) is 5.87. The number of anilines is 1. The number of amides is 1. The zero-order valence-electron chi connectivity index (χ0n) is 14.3. The first-order valence-electron chi connectivity index (χ1n) is 9.04. The van der Waals surface area contributed by atoms with E-state index in [1.165, 1.54) is 5.56 Å². The summed E-state index contributed by atoms with van der Waals surface area (Å²) in [5.74, 6) is -0.0969. The van der Waals surface area contributed by atoms with E-state index in [9.17, 15) is 9.90 Å². The Hall–Kier alpha value is -1.43. The van der Waals surface area contributed by atoms with Gasteiger partial charge in [-0.1, -0.05) is 31.4 Å². The van der Waals surface area contributed by atoms with Crippen LogP contribution in [0.2, 0.25) is 0 Å². The van der Waals surface area contributed by atoms with Crippen LogP contribution >= 0.6 is 0 Å². The van der Waals surface area contributed by atoms with Gasteiger partial charge in [-0.2, -0.15) is 0 Å². The van der Waals surface area contributed by atoms with E-state index in [2.05, 4.69) is 22.3 Å². The predicted molar refractivity (Wildman–Crippen MR) is 93.8 cm³/mol. The molecule has 2 fully saturated rings. The van der Waals surface area contributed by atoms with Gasteiger partial charge in [0.25, 0.3) is 0 Å². The number of nitrogens with one attached hydrogen (secondary N) is 1. The molecular formula is C19H28N2O3. The van der Waals surface area contributed by atoms with Gasteiger partial charge >= 0.3 is 0 Å². The highest BCUT2D eigenvalue weighted by molar-refractivity contribution is 5.91. The van der Waals surface area contributed by atoms with Crippen LogP contribution in [0.5, 0.6) is 0 Å². The summed E-state index contributed by atoms with van der Waals surface area (Å²) in [4.78, 5) is 14.6. The van der Waals surface area contributed by atoms with Crippen molar-refractivity contribution < 1.29 is 14.6 Å². The molecule has 1 amide bonds. The normalized spacial score (nSPS) is 21.4. The highest BCUT2D eigenvalue weighted by Crippen LogP contribution is 2.31. The van der Waals surface area contributed by atoms with Gasteiger partial charge < -0.3 is 15.2 Å².